The number of anilines is 2. The van der Waals surface area contributed by atoms with Gasteiger partial charge in [0.05, 0.1) is 0 Å². The molecule has 1 aromatic heterocycles. The minimum Gasteiger partial charge on any atom is -0.368 e. The first-order chi connectivity index (χ1) is 13.1. The van der Waals surface area contributed by atoms with Crippen LogP contribution in [0.25, 0.3) is 0 Å². The molecule has 4 rings (SSSR count). The van der Waals surface area contributed by atoms with E-state index in [1.807, 2.05) is 30.0 Å². The van der Waals surface area contributed by atoms with Gasteiger partial charge in [-0.3, -0.25) is 4.79 Å². The highest BCUT2D eigenvalue weighted by Crippen LogP contribution is 2.22. The molecule has 3 heterocycles. The summed E-state index contributed by atoms with van der Waals surface area (Å²) in [7, 11) is 0. The van der Waals surface area contributed by atoms with Gasteiger partial charge in [0.15, 0.2) is 0 Å². The summed E-state index contributed by atoms with van der Waals surface area (Å²) in [6.07, 6.45) is 2.32. The van der Waals surface area contributed by atoms with Crippen molar-refractivity contribution in [2.75, 3.05) is 49.1 Å². The average molecular weight is 386 g/mol. The lowest BCUT2D eigenvalue weighted by Gasteiger charge is -2.36. The SMILES string of the molecule is Cc1cc(C(=O)N2CCN(c3cccc(Cl)c3)CC2)nc(N2CCCC2)n1. The van der Waals surface area contributed by atoms with Crippen LogP contribution in [0.1, 0.15) is 29.0 Å². The molecule has 7 heteroatoms. The molecule has 0 spiro atoms. The van der Waals surface area contributed by atoms with Gasteiger partial charge in [0.2, 0.25) is 5.95 Å². The van der Waals surface area contributed by atoms with Crippen molar-refractivity contribution < 1.29 is 4.79 Å². The monoisotopic (exact) mass is 385 g/mol. The van der Waals surface area contributed by atoms with Crippen molar-refractivity contribution >= 4 is 29.1 Å². The number of hydrogen-bond donors (Lipinski definition) is 0. The molecule has 2 aliphatic rings. The van der Waals surface area contributed by atoms with E-state index in [1.165, 1.54) is 0 Å². The fourth-order valence-corrected chi connectivity index (χ4v) is 3.91. The van der Waals surface area contributed by atoms with Crippen LogP contribution in [0.5, 0.6) is 0 Å². The number of rotatable bonds is 3. The first-order valence-electron chi connectivity index (χ1n) is 9.50. The molecule has 2 fully saturated rings. The number of carbonyl (C=O) groups is 1. The van der Waals surface area contributed by atoms with Crippen LogP contribution in [0.4, 0.5) is 11.6 Å². The molecule has 6 nitrogen and oxygen atoms in total. The lowest BCUT2D eigenvalue weighted by Crippen LogP contribution is -2.49. The van der Waals surface area contributed by atoms with Gasteiger partial charge >= 0.3 is 0 Å². The number of halogens is 1. The van der Waals surface area contributed by atoms with Gasteiger partial charge in [-0.05, 0) is 44.0 Å². The summed E-state index contributed by atoms with van der Waals surface area (Å²) in [5, 5.41) is 0.733. The molecular weight excluding hydrogens is 362 g/mol. The van der Waals surface area contributed by atoms with E-state index in [9.17, 15) is 4.79 Å². The Hall–Kier alpha value is -2.34. The van der Waals surface area contributed by atoms with Crippen molar-refractivity contribution in [2.24, 2.45) is 0 Å². The summed E-state index contributed by atoms with van der Waals surface area (Å²) in [5.74, 6) is 0.681. The van der Waals surface area contributed by atoms with Gasteiger partial charge in [-0.15, -0.1) is 0 Å². The van der Waals surface area contributed by atoms with Crippen molar-refractivity contribution in [1.82, 2.24) is 14.9 Å². The Balaban J connectivity index is 1.45. The molecular formula is C20H24ClN5O. The molecule has 0 radical (unpaired) electrons. The molecule has 1 amide bonds. The van der Waals surface area contributed by atoms with Gasteiger partial charge in [-0.25, -0.2) is 9.97 Å². The summed E-state index contributed by atoms with van der Waals surface area (Å²) in [6, 6.07) is 9.65. The van der Waals surface area contributed by atoms with E-state index in [4.69, 9.17) is 11.6 Å². The minimum absolute atomic E-state index is 0.00769. The molecule has 2 saturated heterocycles. The van der Waals surface area contributed by atoms with Gasteiger partial charge in [0, 0.05) is 55.7 Å². The van der Waals surface area contributed by atoms with Crippen LogP contribution in [-0.2, 0) is 0 Å². The molecule has 1 aromatic carbocycles. The topological polar surface area (TPSA) is 52.6 Å². The first-order valence-corrected chi connectivity index (χ1v) is 9.88. The fraction of sp³-hybridized carbons (Fsp3) is 0.450. The van der Waals surface area contributed by atoms with E-state index >= 15 is 0 Å². The zero-order chi connectivity index (χ0) is 18.8. The van der Waals surface area contributed by atoms with E-state index in [2.05, 4.69) is 25.8 Å². The number of aryl methyl sites for hydroxylation is 1. The zero-order valence-electron chi connectivity index (χ0n) is 15.6. The third-order valence-electron chi connectivity index (χ3n) is 5.19. The van der Waals surface area contributed by atoms with Crippen molar-refractivity contribution in [3.05, 3.63) is 46.7 Å². The van der Waals surface area contributed by atoms with Crippen LogP contribution in [0.15, 0.2) is 30.3 Å². The molecule has 142 valence electrons. The number of aromatic nitrogens is 2. The molecule has 0 N–H and O–H groups in total. The van der Waals surface area contributed by atoms with E-state index in [0.717, 1.165) is 55.4 Å². The maximum absolute atomic E-state index is 13.0. The van der Waals surface area contributed by atoms with Crippen LogP contribution in [0, 0.1) is 6.92 Å². The summed E-state index contributed by atoms with van der Waals surface area (Å²) in [5.41, 5.74) is 2.44. The number of hydrogen-bond acceptors (Lipinski definition) is 5. The van der Waals surface area contributed by atoms with Gasteiger partial charge in [-0.2, -0.15) is 0 Å². The predicted octanol–water partition coefficient (Wildman–Crippen LogP) is 3.00. The van der Waals surface area contributed by atoms with Crippen LogP contribution in [0.3, 0.4) is 0 Å². The highest BCUT2D eigenvalue weighted by atomic mass is 35.5. The van der Waals surface area contributed by atoms with Crippen molar-refractivity contribution in [1.29, 1.82) is 0 Å². The summed E-state index contributed by atoms with van der Waals surface area (Å²) in [4.78, 5) is 28.4. The quantitative estimate of drug-likeness (QED) is 0.813. The second-order valence-corrected chi connectivity index (χ2v) is 7.58. The van der Waals surface area contributed by atoms with E-state index in [0.29, 0.717) is 24.7 Å². The molecule has 0 atom stereocenters. The number of carbonyl (C=O) groups excluding carboxylic acids is 1. The standard InChI is InChI=1S/C20H24ClN5O/c1-15-13-18(23-20(22-15)26-7-2-3-8-26)19(27)25-11-9-24(10-12-25)17-6-4-5-16(21)14-17/h4-6,13-14H,2-3,7-12H2,1H3. The van der Waals surface area contributed by atoms with Gasteiger partial charge in [0.1, 0.15) is 5.69 Å². The fourth-order valence-electron chi connectivity index (χ4n) is 3.72. The largest absolute Gasteiger partial charge is 0.368 e. The first kappa shape index (κ1) is 18.0. The van der Waals surface area contributed by atoms with Crippen LogP contribution in [-0.4, -0.2) is 60.0 Å². The molecule has 0 unspecified atom stereocenters. The Morgan fingerprint density at radius 3 is 2.41 bits per heavy atom. The third kappa shape index (κ3) is 4.00. The van der Waals surface area contributed by atoms with Crippen LogP contribution < -0.4 is 9.80 Å². The zero-order valence-corrected chi connectivity index (χ0v) is 16.3. The Bertz CT molecular complexity index is 829. The summed E-state index contributed by atoms with van der Waals surface area (Å²) in [6.45, 7) is 6.78. The van der Waals surface area contributed by atoms with Crippen molar-refractivity contribution in [3.63, 3.8) is 0 Å². The normalized spacial score (nSPS) is 17.5. The maximum atomic E-state index is 13.0. The number of piperazine rings is 1. The maximum Gasteiger partial charge on any atom is 0.272 e. The Kier molecular flexibility index (Phi) is 5.16. The Labute approximate surface area is 164 Å². The van der Waals surface area contributed by atoms with Crippen LogP contribution >= 0.6 is 11.6 Å². The van der Waals surface area contributed by atoms with Crippen LogP contribution in [0.2, 0.25) is 5.02 Å². The molecule has 27 heavy (non-hydrogen) atoms. The Morgan fingerprint density at radius 1 is 0.963 bits per heavy atom. The summed E-state index contributed by atoms with van der Waals surface area (Å²) >= 11 is 6.10. The van der Waals surface area contributed by atoms with E-state index < -0.39 is 0 Å². The van der Waals surface area contributed by atoms with Gasteiger partial charge < -0.3 is 14.7 Å². The molecule has 0 bridgehead atoms. The van der Waals surface area contributed by atoms with Gasteiger partial charge in [0.25, 0.3) is 5.91 Å². The van der Waals surface area contributed by atoms with E-state index in [1.54, 1.807) is 6.07 Å². The van der Waals surface area contributed by atoms with Crippen molar-refractivity contribution in [2.45, 2.75) is 19.8 Å². The summed E-state index contributed by atoms with van der Waals surface area (Å²) < 4.78 is 0. The third-order valence-corrected chi connectivity index (χ3v) is 5.43. The molecule has 2 aromatic rings. The molecule has 0 aliphatic carbocycles. The van der Waals surface area contributed by atoms with Crippen molar-refractivity contribution in [3.8, 4) is 0 Å². The average Bonchev–Trinajstić information content (AvgIpc) is 3.22. The van der Waals surface area contributed by atoms with Gasteiger partial charge in [-0.1, -0.05) is 17.7 Å². The second kappa shape index (κ2) is 7.72. The Morgan fingerprint density at radius 2 is 1.70 bits per heavy atom. The smallest absolute Gasteiger partial charge is 0.272 e. The molecule has 0 saturated carbocycles. The van der Waals surface area contributed by atoms with E-state index in [-0.39, 0.29) is 5.91 Å². The number of benzene rings is 1. The number of nitrogens with zero attached hydrogens (tertiary/aromatic N) is 5. The minimum atomic E-state index is -0.00769. The lowest BCUT2D eigenvalue weighted by atomic mass is 10.2. The molecule has 2 aliphatic heterocycles. The lowest BCUT2D eigenvalue weighted by molar-refractivity contribution is 0.0740. The number of amides is 1. The highest BCUT2D eigenvalue weighted by Gasteiger charge is 2.25. The second-order valence-electron chi connectivity index (χ2n) is 7.15. The highest BCUT2D eigenvalue weighted by molar-refractivity contribution is 6.30. The predicted molar refractivity (Wildman–Crippen MR) is 108 cm³/mol.